The molecule has 2 N–H and O–H groups in total. The summed E-state index contributed by atoms with van der Waals surface area (Å²) in [6.45, 7) is 4.16. The predicted molar refractivity (Wildman–Crippen MR) is 142 cm³/mol. The van der Waals surface area contributed by atoms with Crippen LogP contribution in [0, 0.1) is 5.82 Å². The number of pyridine rings is 1. The van der Waals surface area contributed by atoms with Crippen LogP contribution < -0.4 is 15.4 Å². The molecule has 1 aliphatic rings. The SMILES string of the molecule is C=CC(=O)N1CCC1C(=O)Nc1cc2c(Nc3ccc(OCc4ccccn4)c(Cl)c3)ncnc2cc1F. The Morgan fingerprint density at radius 3 is 2.76 bits per heavy atom. The Morgan fingerprint density at radius 2 is 2.05 bits per heavy atom. The molecule has 2 amide bonds. The van der Waals surface area contributed by atoms with Crippen molar-refractivity contribution in [1.82, 2.24) is 19.9 Å². The largest absolute Gasteiger partial charge is 0.486 e. The van der Waals surface area contributed by atoms with Gasteiger partial charge in [-0.25, -0.2) is 14.4 Å². The number of ether oxygens (including phenoxy) is 1. The molecular weight excluding hydrogens is 511 g/mol. The van der Waals surface area contributed by atoms with Crippen LogP contribution >= 0.6 is 11.6 Å². The van der Waals surface area contributed by atoms with E-state index in [1.807, 2.05) is 18.2 Å². The third kappa shape index (κ3) is 5.25. The molecular formula is C27H22ClFN6O3. The molecule has 2 aromatic heterocycles. The first-order chi connectivity index (χ1) is 18.4. The minimum Gasteiger partial charge on any atom is -0.486 e. The number of anilines is 3. The van der Waals surface area contributed by atoms with Gasteiger partial charge in [-0.1, -0.05) is 24.2 Å². The van der Waals surface area contributed by atoms with Crippen molar-refractivity contribution in [2.75, 3.05) is 17.2 Å². The third-order valence-corrected chi connectivity index (χ3v) is 6.35. The number of amides is 2. The van der Waals surface area contributed by atoms with Crippen molar-refractivity contribution in [2.45, 2.75) is 19.1 Å². The summed E-state index contributed by atoms with van der Waals surface area (Å²) in [6.07, 6.45) is 4.63. The number of benzene rings is 2. The molecule has 5 rings (SSSR count). The fourth-order valence-corrected chi connectivity index (χ4v) is 4.23. The van der Waals surface area contributed by atoms with Crippen LogP contribution in [0.3, 0.4) is 0 Å². The van der Waals surface area contributed by atoms with Crippen LogP contribution in [0.25, 0.3) is 10.9 Å². The van der Waals surface area contributed by atoms with Gasteiger partial charge in [0.15, 0.2) is 0 Å². The van der Waals surface area contributed by atoms with Gasteiger partial charge in [-0.2, -0.15) is 0 Å². The number of likely N-dealkylation sites (tertiary alicyclic amines) is 1. The lowest BCUT2D eigenvalue weighted by atomic mass is 10.0. The summed E-state index contributed by atoms with van der Waals surface area (Å²) in [7, 11) is 0. The van der Waals surface area contributed by atoms with E-state index in [4.69, 9.17) is 16.3 Å². The zero-order valence-electron chi connectivity index (χ0n) is 20.0. The number of aromatic nitrogens is 3. The quantitative estimate of drug-likeness (QED) is 0.312. The Hall–Kier alpha value is -4.57. The summed E-state index contributed by atoms with van der Waals surface area (Å²) in [5.41, 5.74) is 1.68. The first-order valence-corrected chi connectivity index (χ1v) is 12.1. The summed E-state index contributed by atoms with van der Waals surface area (Å²) in [6, 6.07) is 12.7. The molecule has 2 aromatic carbocycles. The minimum absolute atomic E-state index is 0.0467. The van der Waals surface area contributed by atoms with Gasteiger partial charge >= 0.3 is 0 Å². The highest BCUT2D eigenvalue weighted by Crippen LogP contribution is 2.32. The van der Waals surface area contributed by atoms with Gasteiger partial charge in [0.2, 0.25) is 11.8 Å². The molecule has 1 atom stereocenters. The number of rotatable bonds is 8. The topological polar surface area (TPSA) is 109 Å². The molecule has 0 saturated carbocycles. The fourth-order valence-electron chi connectivity index (χ4n) is 4.00. The van der Waals surface area contributed by atoms with Crippen molar-refractivity contribution in [3.8, 4) is 5.75 Å². The molecule has 0 bridgehead atoms. The Labute approximate surface area is 222 Å². The van der Waals surface area contributed by atoms with Gasteiger partial charge in [0.25, 0.3) is 0 Å². The van der Waals surface area contributed by atoms with Crippen molar-refractivity contribution in [3.63, 3.8) is 0 Å². The lowest BCUT2D eigenvalue weighted by Gasteiger charge is -2.39. The second kappa shape index (κ2) is 10.8. The van der Waals surface area contributed by atoms with Gasteiger partial charge in [-0.3, -0.25) is 14.6 Å². The maximum absolute atomic E-state index is 14.8. The van der Waals surface area contributed by atoms with Gasteiger partial charge < -0.3 is 20.3 Å². The molecule has 0 spiro atoms. The van der Waals surface area contributed by atoms with Gasteiger partial charge in [-0.15, -0.1) is 0 Å². The first kappa shape index (κ1) is 25.1. The van der Waals surface area contributed by atoms with Crippen LogP contribution in [0.5, 0.6) is 5.75 Å². The maximum Gasteiger partial charge on any atom is 0.247 e. The van der Waals surface area contributed by atoms with Crippen LogP contribution in [0.1, 0.15) is 12.1 Å². The average Bonchev–Trinajstić information content (AvgIpc) is 2.89. The molecule has 0 radical (unpaired) electrons. The molecule has 1 saturated heterocycles. The van der Waals surface area contributed by atoms with Crippen molar-refractivity contribution < 1.29 is 18.7 Å². The van der Waals surface area contributed by atoms with Crippen LogP contribution in [0.15, 0.2) is 73.7 Å². The Bertz CT molecular complexity index is 1530. The van der Waals surface area contributed by atoms with E-state index in [0.717, 1.165) is 11.8 Å². The number of nitrogens with one attached hydrogen (secondary N) is 2. The van der Waals surface area contributed by atoms with Crippen LogP contribution in [-0.4, -0.2) is 44.3 Å². The Balaban J connectivity index is 1.34. The van der Waals surface area contributed by atoms with E-state index < -0.39 is 17.8 Å². The zero-order valence-corrected chi connectivity index (χ0v) is 20.8. The molecule has 192 valence electrons. The van der Waals surface area contributed by atoms with E-state index in [2.05, 4.69) is 32.2 Å². The number of fused-ring (bicyclic) bond motifs is 1. The second-order valence-corrected chi connectivity index (χ2v) is 8.89. The van der Waals surface area contributed by atoms with Crippen molar-refractivity contribution in [1.29, 1.82) is 0 Å². The highest BCUT2D eigenvalue weighted by molar-refractivity contribution is 6.32. The second-order valence-electron chi connectivity index (χ2n) is 8.48. The number of hydrogen-bond donors (Lipinski definition) is 2. The van der Waals surface area contributed by atoms with Crippen molar-refractivity contribution >= 4 is 51.5 Å². The van der Waals surface area contributed by atoms with Gasteiger partial charge in [0.05, 0.1) is 21.9 Å². The molecule has 4 aromatic rings. The Morgan fingerprint density at radius 1 is 1.18 bits per heavy atom. The zero-order chi connectivity index (χ0) is 26.6. The van der Waals surface area contributed by atoms with Gasteiger partial charge in [0, 0.05) is 29.9 Å². The fraction of sp³-hybridized carbons (Fsp3) is 0.148. The van der Waals surface area contributed by atoms with Crippen molar-refractivity contribution in [2.24, 2.45) is 0 Å². The van der Waals surface area contributed by atoms with Crippen LogP contribution in [-0.2, 0) is 16.2 Å². The van der Waals surface area contributed by atoms with E-state index in [0.29, 0.717) is 46.1 Å². The summed E-state index contributed by atoms with van der Waals surface area (Å²) < 4.78 is 20.6. The standard InChI is InChI=1S/C27H22ClFN6O3/c1-2-25(36)35-10-8-23(35)27(37)34-22-12-18-21(13-20(22)29)31-15-32-26(18)33-16-6-7-24(19(28)11-16)38-14-17-5-3-4-9-30-17/h2-7,9,11-13,15,23H,1,8,10,14H2,(H,34,37)(H,31,32,33). The highest BCUT2D eigenvalue weighted by Gasteiger charge is 2.36. The molecule has 38 heavy (non-hydrogen) atoms. The first-order valence-electron chi connectivity index (χ1n) is 11.7. The van der Waals surface area contributed by atoms with E-state index in [1.54, 1.807) is 24.4 Å². The van der Waals surface area contributed by atoms with Crippen LogP contribution in [0.2, 0.25) is 5.02 Å². The summed E-state index contributed by atoms with van der Waals surface area (Å²) >= 11 is 6.43. The van der Waals surface area contributed by atoms with Gasteiger partial charge in [-0.05, 0) is 48.9 Å². The number of carbonyl (C=O) groups excluding carboxylic acids is 2. The number of halogens is 2. The molecule has 11 heteroatoms. The summed E-state index contributed by atoms with van der Waals surface area (Å²) in [4.78, 5) is 38.6. The van der Waals surface area contributed by atoms with E-state index in [-0.39, 0.29) is 18.2 Å². The highest BCUT2D eigenvalue weighted by atomic mass is 35.5. The molecule has 0 aliphatic carbocycles. The maximum atomic E-state index is 14.8. The number of carbonyl (C=O) groups is 2. The van der Waals surface area contributed by atoms with Crippen molar-refractivity contribution in [3.05, 3.63) is 90.2 Å². The number of nitrogens with zero attached hydrogens (tertiary/aromatic N) is 4. The monoisotopic (exact) mass is 532 g/mol. The molecule has 1 unspecified atom stereocenters. The summed E-state index contributed by atoms with van der Waals surface area (Å²) in [5.74, 6) is -0.613. The third-order valence-electron chi connectivity index (χ3n) is 6.06. The molecule has 3 heterocycles. The lowest BCUT2D eigenvalue weighted by molar-refractivity contribution is -0.141. The van der Waals surface area contributed by atoms with Gasteiger partial charge in [0.1, 0.15) is 36.4 Å². The number of hydrogen-bond acceptors (Lipinski definition) is 7. The Kier molecular flexibility index (Phi) is 7.14. The predicted octanol–water partition coefficient (Wildman–Crippen LogP) is 4.87. The normalized spacial score (nSPS) is 14.5. The lowest BCUT2D eigenvalue weighted by Crippen LogP contribution is -2.56. The molecule has 1 fully saturated rings. The van der Waals surface area contributed by atoms with E-state index >= 15 is 0 Å². The molecule has 1 aliphatic heterocycles. The van der Waals surface area contributed by atoms with E-state index in [9.17, 15) is 14.0 Å². The van der Waals surface area contributed by atoms with E-state index in [1.165, 1.54) is 23.4 Å². The van der Waals surface area contributed by atoms with Crippen LogP contribution in [0.4, 0.5) is 21.6 Å². The molecule has 9 nitrogen and oxygen atoms in total. The smallest absolute Gasteiger partial charge is 0.247 e. The summed E-state index contributed by atoms with van der Waals surface area (Å²) in [5, 5.41) is 6.59. The minimum atomic E-state index is -0.680. The average molecular weight is 533 g/mol.